The fourth-order valence-electron chi connectivity index (χ4n) is 6.34. The van der Waals surface area contributed by atoms with Gasteiger partial charge in [-0.25, -0.2) is 0 Å². The zero-order valence-electron chi connectivity index (χ0n) is 23.9. The summed E-state index contributed by atoms with van der Waals surface area (Å²) in [6.45, 7) is 12.9. The number of nitrogens with one attached hydrogen (secondary N) is 1. The lowest BCUT2D eigenvalue weighted by Gasteiger charge is -2.31. The highest BCUT2D eigenvalue weighted by atomic mass is 16.2. The third-order valence-electron chi connectivity index (χ3n) is 8.05. The number of hydrogen-bond donors (Lipinski definition) is 1. The molecule has 0 spiro atoms. The monoisotopic (exact) mass is 517 g/mol. The van der Waals surface area contributed by atoms with E-state index in [1.807, 2.05) is 42.5 Å². The molecule has 0 radical (unpaired) electrons. The molecule has 0 saturated heterocycles. The van der Waals surface area contributed by atoms with E-state index in [0.29, 0.717) is 29.3 Å². The highest BCUT2D eigenvalue weighted by molar-refractivity contribution is 6.17. The molecule has 2 aromatic rings. The fraction of sp³-hybridized carbons (Fsp3) is 0.576. The van der Waals surface area contributed by atoms with Crippen molar-refractivity contribution in [2.45, 2.75) is 79.1 Å². The molecule has 1 N–H and O–H groups in total. The minimum absolute atomic E-state index is 0.0836. The Morgan fingerprint density at radius 3 is 2.16 bits per heavy atom. The Hall–Kier alpha value is -2.66. The van der Waals surface area contributed by atoms with E-state index in [4.69, 9.17) is 0 Å². The Bertz CT molecular complexity index is 1060. The van der Waals surface area contributed by atoms with Gasteiger partial charge in [-0.1, -0.05) is 77.6 Å². The zero-order chi connectivity index (χ0) is 27.1. The maximum absolute atomic E-state index is 13.7. The number of hydrogen-bond acceptors (Lipinski definition) is 3. The third kappa shape index (κ3) is 7.47. The minimum atomic E-state index is -0.166. The Morgan fingerprint density at radius 1 is 0.868 bits per heavy atom. The van der Waals surface area contributed by atoms with Gasteiger partial charge in [0.15, 0.2) is 0 Å². The van der Waals surface area contributed by atoms with Crippen molar-refractivity contribution < 1.29 is 9.59 Å². The lowest BCUT2D eigenvalue weighted by molar-refractivity contribution is -0.119. The lowest BCUT2D eigenvalue weighted by atomic mass is 9.78. The normalized spacial score (nSPS) is 19.3. The van der Waals surface area contributed by atoms with Crippen molar-refractivity contribution in [1.29, 1.82) is 0 Å². The van der Waals surface area contributed by atoms with E-state index in [1.165, 1.54) is 51.7 Å². The quantitative estimate of drug-likeness (QED) is 0.308. The van der Waals surface area contributed by atoms with Gasteiger partial charge in [-0.3, -0.25) is 14.5 Å². The largest absolute Gasteiger partial charge is 0.320 e. The van der Waals surface area contributed by atoms with Crippen molar-refractivity contribution in [2.75, 3.05) is 29.9 Å². The Morgan fingerprint density at radius 2 is 1.47 bits per heavy atom. The van der Waals surface area contributed by atoms with Crippen LogP contribution in [-0.4, -0.2) is 36.3 Å². The number of carbonyl (C=O) groups is 2. The molecule has 4 rings (SSSR count). The summed E-state index contributed by atoms with van der Waals surface area (Å²) in [5, 5.41) is 2.99. The fourth-order valence-corrected chi connectivity index (χ4v) is 6.34. The smallest absolute Gasteiger partial charge is 0.257 e. The molecule has 0 atom stereocenters. The van der Waals surface area contributed by atoms with E-state index in [-0.39, 0.29) is 11.8 Å². The predicted molar refractivity (Wildman–Crippen MR) is 158 cm³/mol. The summed E-state index contributed by atoms with van der Waals surface area (Å²) in [7, 11) is 0. The van der Waals surface area contributed by atoms with Crippen LogP contribution >= 0.6 is 0 Å². The molecule has 1 aliphatic carbocycles. The van der Waals surface area contributed by atoms with Gasteiger partial charge in [0.2, 0.25) is 5.91 Å². The van der Waals surface area contributed by atoms with Crippen molar-refractivity contribution in [2.24, 2.45) is 23.7 Å². The van der Waals surface area contributed by atoms with Crippen molar-refractivity contribution >= 4 is 28.9 Å². The van der Waals surface area contributed by atoms with Gasteiger partial charge >= 0.3 is 0 Å². The van der Waals surface area contributed by atoms with Gasteiger partial charge in [-0.05, 0) is 73.7 Å². The van der Waals surface area contributed by atoms with Gasteiger partial charge in [-0.2, -0.15) is 0 Å². The molecule has 2 aromatic carbocycles. The van der Waals surface area contributed by atoms with Gasteiger partial charge in [0, 0.05) is 19.5 Å². The van der Waals surface area contributed by atoms with Crippen molar-refractivity contribution in [1.82, 2.24) is 4.90 Å². The van der Waals surface area contributed by atoms with Crippen LogP contribution in [0.1, 0.15) is 89.4 Å². The number of nitrogens with zero attached hydrogens (tertiary/aromatic N) is 2. The standard InChI is InChI=1S/C33H47N3O2/c1-24(2)22-35(23-25(3)4)20-10-9-11-26-16-18-27(19-17-26)21-32(37)36-30-14-7-5-12-28(30)33(38)34-29-13-6-8-15-31(29)36/h5-8,12-15,24-27H,9-11,16-23H2,1-4H3,(H,34,38). The third-order valence-corrected chi connectivity index (χ3v) is 8.05. The average molecular weight is 518 g/mol. The Balaban J connectivity index is 1.29. The molecule has 38 heavy (non-hydrogen) atoms. The van der Waals surface area contributed by atoms with Crippen LogP contribution in [0.15, 0.2) is 48.5 Å². The molecule has 0 aromatic heterocycles. The molecule has 2 amide bonds. The summed E-state index contributed by atoms with van der Waals surface area (Å²) in [6, 6.07) is 15.1. The minimum Gasteiger partial charge on any atom is -0.320 e. The number of para-hydroxylation sites is 3. The average Bonchev–Trinajstić information content (AvgIpc) is 3.00. The van der Waals surface area contributed by atoms with Gasteiger partial charge < -0.3 is 10.2 Å². The van der Waals surface area contributed by atoms with Crippen molar-refractivity contribution in [3.63, 3.8) is 0 Å². The zero-order valence-corrected chi connectivity index (χ0v) is 23.9. The lowest BCUT2D eigenvalue weighted by Crippen LogP contribution is -2.32. The second-order valence-electron chi connectivity index (χ2n) is 12.4. The van der Waals surface area contributed by atoms with Crippen LogP contribution in [0, 0.1) is 23.7 Å². The van der Waals surface area contributed by atoms with Gasteiger partial charge in [0.25, 0.3) is 5.91 Å². The predicted octanol–water partition coefficient (Wildman–Crippen LogP) is 7.90. The van der Waals surface area contributed by atoms with Crippen LogP contribution < -0.4 is 10.2 Å². The van der Waals surface area contributed by atoms with E-state index in [0.717, 1.165) is 36.3 Å². The number of carbonyl (C=O) groups excluding carboxylic acids is 2. The first-order valence-corrected chi connectivity index (χ1v) is 14.9. The van der Waals surface area contributed by atoms with Gasteiger partial charge in [0.1, 0.15) is 0 Å². The first kappa shape index (κ1) is 28.4. The summed E-state index contributed by atoms with van der Waals surface area (Å²) in [5.41, 5.74) is 2.67. The summed E-state index contributed by atoms with van der Waals surface area (Å²) < 4.78 is 0. The van der Waals surface area contributed by atoms with Gasteiger partial charge in [0.05, 0.1) is 22.6 Å². The SMILES string of the molecule is CC(C)CN(CCCCC1CCC(CC(=O)N2c3ccccc3NC(=O)c3ccccc32)CC1)CC(C)C. The highest BCUT2D eigenvalue weighted by Gasteiger charge is 2.31. The number of amides is 2. The molecule has 1 heterocycles. The molecular weight excluding hydrogens is 470 g/mol. The van der Waals surface area contributed by atoms with Crippen molar-refractivity contribution in [3.8, 4) is 0 Å². The van der Waals surface area contributed by atoms with Crippen LogP contribution in [0.2, 0.25) is 0 Å². The maximum Gasteiger partial charge on any atom is 0.257 e. The first-order valence-electron chi connectivity index (χ1n) is 14.9. The number of anilines is 3. The van der Waals surface area contributed by atoms with E-state index >= 15 is 0 Å². The van der Waals surface area contributed by atoms with Crippen LogP contribution in [0.5, 0.6) is 0 Å². The van der Waals surface area contributed by atoms with E-state index in [2.05, 4.69) is 37.9 Å². The molecule has 5 nitrogen and oxygen atoms in total. The second-order valence-corrected chi connectivity index (χ2v) is 12.4. The Labute approximate surface area is 230 Å². The van der Waals surface area contributed by atoms with Gasteiger partial charge in [-0.15, -0.1) is 0 Å². The summed E-state index contributed by atoms with van der Waals surface area (Å²) in [5.74, 6) is 2.57. The maximum atomic E-state index is 13.7. The molecule has 0 unspecified atom stereocenters. The van der Waals surface area contributed by atoms with E-state index in [1.54, 1.807) is 11.0 Å². The summed E-state index contributed by atoms with van der Waals surface area (Å²) >= 11 is 0. The molecule has 206 valence electrons. The molecule has 2 aliphatic rings. The molecular formula is C33H47N3O2. The first-order chi connectivity index (χ1) is 18.3. The van der Waals surface area contributed by atoms with Crippen LogP contribution in [0.3, 0.4) is 0 Å². The Kier molecular flexibility index (Phi) is 10.0. The molecule has 0 bridgehead atoms. The molecule has 1 aliphatic heterocycles. The van der Waals surface area contributed by atoms with Crippen LogP contribution in [0.4, 0.5) is 17.1 Å². The summed E-state index contributed by atoms with van der Waals surface area (Å²) in [4.78, 5) is 31.0. The van der Waals surface area contributed by atoms with E-state index in [9.17, 15) is 9.59 Å². The van der Waals surface area contributed by atoms with Crippen LogP contribution in [0.25, 0.3) is 0 Å². The second kappa shape index (κ2) is 13.4. The van der Waals surface area contributed by atoms with Crippen LogP contribution in [-0.2, 0) is 4.79 Å². The topological polar surface area (TPSA) is 52.7 Å². The number of rotatable bonds is 11. The summed E-state index contributed by atoms with van der Waals surface area (Å²) in [6.07, 6.45) is 9.15. The molecule has 1 fully saturated rings. The van der Waals surface area contributed by atoms with Crippen molar-refractivity contribution in [3.05, 3.63) is 54.1 Å². The number of benzene rings is 2. The molecule has 1 saturated carbocycles. The number of unbranched alkanes of at least 4 members (excludes halogenated alkanes) is 1. The van der Waals surface area contributed by atoms with E-state index < -0.39 is 0 Å². The number of fused-ring (bicyclic) bond motifs is 2. The molecule has 5 heteroatoms. The highest BCUT2D eigenvalue weighted by Crippen LogP contribution is 2.40.